The number of nitrogens with zero attached hydrogens (tertiary/aromatic N) is 1. The summed E-state index contributed by atoms with van der Waals surface area (Å²) in [7, 11) is 4.20. The minimum absolute atomic E-state index is 0. The van der Waals surface area contributed by atoms with Gasteiger partial charge in [0, 0.05) is 6.54 Å². The molecule has 1 aliphatic carbocycles. The van der Waals surface area contributed by atoms with Crippen LogP contribution in [0.2, 0.25) is 0 Å². The molecule has 0 bridgehead atoms. The molecule has 1 aliphatic rings. The Balaban J connectivity index is -0.000000490. The van der Waals surface area contributed by atoms with Crippen molar-refractivity contribution >= 4 is 30.4 Å². The standard InChI is InChI=1S/C15H18N.C4H10N.2ClH.Ti/c1-12-6-4-5-7-15(12)14-9-8-13(10-14)11-16(2)3;1-2-3-4-5;;;/h4-8,10H,1,9,11H2,2-3H3;5H,2-4H2,1H3;2*1H;/q2*-1;;;+2. The van der Waals surface area contributed by atoms with E-state index in [2.05, 4.69) is 63.2 Å². The fourth-order valence-corrected chi connectivity index (χ4v) is 2.26. The Morgan fingerprint density at radius 1 is 1.17 bits per heavy atom. The summed E-state index contributed by atoms with van der Waals surface area (Å²) in [4.78, 5) is 2.20. The molecule has 0 saturated carbocycles. The third-order valence-corrected chi connectivity index (χ3v) is 3.34. The van der Waals surface area contributed by atoms with Crippen LogP contribution in [-0.2, 0) is 21.7 Å². The molecule has 1 N–H and O–H groups in total. The number of benzene rings is 1. The summed E-state index contributed by atoms with van der Waals surface area (Å²) in [6, 6.07) is 8.34. The normalized spacial score (nSPS) is 11.9. The van der Waals surface area contributed by atoms with Gasteiger partial charge < -0.3 is 10.6 Å². The summed E-state index contributed by atoms with van der Waals surface area (Å²) < 4.78 is 0. The number of hydrogen-bond acceptors (Lipinski definition) is 1. The monoisotopic (exact) mass is 404 g/mol. The van der Waals surface area contributed by atoms with Crippen LogP contribution < -0.4 is 0 Å². The molecule has 24 heavy (non-hydrogen) atoms. The molecule has 0 amide bonds. The molecule has 0 spiro atoms. The van der Waals surface area contributed by atoms with Crippen molar-refractivity contribution in [2.24, 2.45) is 0 Å². The number of unbranched alkanes of at least 4 members (excludes halogenated alkanes) is 1. The molecular formula is C19H30Cl2N2Ti. The summed E-state index contributed by atoms with van der Waals surface area (Å²) in [6.07, 6.45) is 7.85. The summed E-state index contributed by atoms with van der Waals surface area (Å²) in [5, 5.41) is 0. The Hall–Kier alpha value is -0.216. The van der Waals surface area contributed by atoms with Crippen LogP contribution in [0.4, 0.5) is 0 Å². The molecule has 0 fully saturated rings. The average molecular weight is 405 g/mol. The fraction of sp³-hybridized carbons (Fsp3) is 0.421. The summed E-state index contributed by atoms with van der Waals surface area (Å²) >= 11 is 0. The van der Waals surface area contributed by atoms with E-state index in [1.54, 1.807) is 0 Å². The van der Waals surface area contributed by atoms with E-state index in [1.165, 1.54) is 16.7 Å². The summed E-state index contributed by atoms with van der Waals surface area (Å²) in [5.41, 5.74) is 11.8. The van der Waals surface area contributed by atoms with Gasteiger partial charge in [-0.25, -0.2) is 0 Å². The minimum Gasteiger partial charge on any atom is -0.677 e. The minimum atomic E-state index is 0. The van der Waals surface area contributed by atoms with Crippen LogP contribution in [0.1, 0.15) is 37.3 Å². The van der Waals surface area contributed by atoms with E-state index in [4.69, 9.17) is 5.73 Å². The van der Waals surface area contributed by atoms with Crippen molar-refractivity contribution in [1.82, 2.24) is 4.90 Å². The number of rotatable bonds is 5. The van der Waals surface area contributed by atoms with E-state index in [1.807, 2.05) is 6.07 Å². The number of hydrogen-bond donors (Lipinski definition) is 0. The van der Waals surface area contributed by atoms with Crippen LogP contribution in [-0.4, -0.2) is 32.1 Å². The van der Waals surface area contributed by atoms with Crippen molar-refractivity contribution in [3.63, 3.8) is 0 Å². The second kappa shape index (κ2) is 16.3. The van der Waals surface area contributed by atoms with E-state index >= 15 is 0 Å². The van der Waals surface area contributed by atoms with Gasteiger partial charge in [0.15, 0.2) is 0 Å². The van der Waals surface area contributed by atoms with Crippen LogP contribution in [0.3, 0.4) is 0 Å². The van der Waals surface area contributed by atoms with Crippen LogP contribution in [0.5, 0.6) is 0 Å². The van der Waals surface area contributed by atoms with E-state index in [0.29, 0.717) is 6.54 Å². The second-order valence-electron chi connectivity index (χ2n) is 5.65. The number of allylic oxidation sites excluding steroid dienone is 2. The predicted molar refractivity (Wildman–Crippen MR) is 109 cm³/mol. The van der Waals surface area contributed by atoms with Gasteiger partial charge in [0.25, 0.3) is 0 Å². The molecule has 0 atom stereocenters. The van der Waals surface area contributed by atoms with E-state index in [-0.39, 0.29) is 46.5 Å². The Kier molecular flexibility index (Phi) is 19.4. The van der Waals surface area contributed by atoms with Gasteiger partial charge >= 0.3 is 21.7 Å². The molecular weight excluding hydrogens is 375 g/mol. The molecule has 2 nitrogen and oxygen atoms in total. The predicted octanol–water partition coefficient (Wildman–Crippen LogP) is 5.82. The van der Waals surface area contributed by atoms with Crippen molar-refractivity contribution in [2.75, 3.05) is 27.2 Å². The van der Waals surface area contributed by atoms with Crippen LogP contribution in [0, 0.1) is 6.92 Å². The molecule has 0 radical (unpaired) electrons. The topological polar surface area (TPSA) is 27.0 Å². The molecule has 1 aromatic rings. The number of nitrogens with one attached hydrogen (secondary N) is 1. The molecule has 0 aliphatic heterocycles. The van der Waals surface area contributed by atoms with Crippen molar-refractivity contribution in [2.45, 2.75) is 26.2 Å². The third-order valence-electron chi connectivity index (χ3n) is 3.34. The van der Waals surface area contributed by atoms with Crippen molar-refractivity contribution in [3.05, 3.63) is 65.8 Å². The van der Waals surface area contributed by atoms with Gasteiger partial charge in [0.05, 0.1) is 0 Å². The number of likely N-dealkylation sites (N-methyl/N-ethyl adjacent to an activating group) is 1. The molecule has 0 aromatic heterocycles. The smallest absolute Gasteiger partial charge is 0.677 e. The van der Waals surface area contributed by atoms with E-state index in [9.17, 15) is 0 Å². The van der Waals surface area contributed by atoms with E-state index < -0.39 is 0 Å². The first-order valence-corrected chi connectivity index (χ1v) is 7.68. The Morgan fingerprint density at radius 3 is 2.25 bits per heavy atom. The van der Waals surface area contributed by atoms with Crippen LogP contribution in [0.25, 0.3) is 11.3 Å². The zero-order valence-corrected chi connectivity index (χ0v) is 18.2. The molecule has 0 heterocycles. The maximum atomic E-state index is 6.60. The second-order valence-corrected chi connectivity index (χ2v) is 5.65. The van der Waals surface area contributed by atoms with Crippen molar-refractivity contribution < 1.29 is 21.7 Å². The fourth-order valence-electron chi connectivity index (χ4n) is 2.26. The van der Waals surface area contributed by atoms with Gasteiger partial charge in [-0.05, 0) is 26.1 Å². The summed E-state index contributed by atoms with van der Waals surface area (Å²) in [6.45, 7) is 7.78. The third kappa shape index (κ3) is 10.6. The molecule has 5 heteroatoms. The maximum Gasteiger partial charge on any atom is 2.00 e. The van der Waals surface area contributed by atoms with Gasteiger partial charge in [-0.2, -0.15) is 25.1 Å². The average Bonchev–Trinajstić information content (AvgIpc) is 2.88. The first-order valence-electron chi connectivity index (χ1n) is 7.68. The Morgan fingerprint density at radius 2 is 1.79 bits per heavy atom. The first-order chi connectivity index (χ1) is 10.1. The molecule has 1 aromatic carbocycles. The quantitative estimate of drug-likeness (QED) is 0.448. The van der Waals surface area contributed by atoms with Gasteiger partial charge in [-0.15, -0.1) is 42.5 Å². The largest absolute Gasteiger partial charge is 2.00 e. The van der Waals surface area contributed by atoms with Gasteiger partial charge in [-0.3, -0.25) is 0 Å². The van der Waals surface area contributed by atoms with Crippen LogP contribution in [0.15, 0.2) is 42.0 Å². The molecule has 2 rings (SSSR count). The van der Waals surface area contributed by atoms with Gasteiger partial charge in [0.2, 0.25) is 0 Å². The maximum absolute atomic E-state index is 6.60. The first kappa shape index (κ1) is 28.6. The van der Waals surface area contributed by atoms with Crippen molar-refractivity contribution in [1.29, 1.82) is 0 Å². The summed E-state index contributed by atoms with van der Waals surface area (Å²) in [5.74, 6) is 0. The zero-order valence-electron chi connectivity index (χ0n) is 15.0. The SMILES string of the molecule is CCCC[NH-].Cl.Cl.[CH2-]c1ccccc1C1=CC(CN(C)C)=CC1.[Ti+2]. The molecule has 134 valence electrons. The van der Waals surface area contributed by atoms with Crippen molar-refractivity contribution in [3.8, 4) is 0 Å². The Labute approximate surface area is 175 Å². The van der Waals surface area contributed by atoms with Gasteiger partial charge in [-0.1, -0.05) is 43.6 Å². The van der Waals surface area contributed by atoms with E-state index in [0.717, 1.165) is 31.4 Å². The Bertz CT molecular complexity index is 498. The van der Waals surface area contributed by atoms with Gasteiger partial charge in [0.1, 0.15) is 0 Å². The zero-order chi connectivity index (χ0) is 15.7. The van der Waals surface area contributed by atoms with Crippen LogP contribution >= 0.6 is 24.8 Å². The number of halogens is 2. The molecule has 0 unspecified atom stereocenters. The molecule has 0 saturated heterocycles.